The third-order valence-corrected chi connectivity index (χ3v) is 2.79. The molecule has 0 aliphatic carbocycles. The minimum atomic E-state index is -0.221. The zero-order valence-electron chi connectivity index (χ0n) is 12.6. The van der Waals surface area contributed by atoms with Gasteiger partial charge in [0.2, 0.25) is 0 Å². The van der Waals surface area contributed by atoms with Crippen LogP contribution >= 0.6 is 0 Å². The Kier molecular flexibility index (Phi) is 7.73. The molecule has 0 amide bonds. The van der Waals surface area contributed by atoms with Crippen molar-refractivity contribution in [2.45, 2.75) is 33.7 Å². The maximum atomic E-state index is 11.2. The number of nitrogens with one attached hydrogen (secondary N) is 1. The van der Waals surface area contributed by atoms with Crippen LogP contribution in [0.5, 0.6) is 5.75 Å². The Morgan fingerprint density at radius 3 is 2.55 bits per heavy atom. The van der Waals surface area contributed by atoms with Gasteiger partial charge in [-0.2, -0.15) is 0 Å². The summed E-state index contributed by atoms with van der Waals surface area (Å²) in [5.74, 6) is 1.32. The van der Waals surface area contributed by atoms with Crippen LogP contribution in [0, 0.1) is 5.92 Å². The van der Waals surface area contributed by atoms with E-state index in [1.807, 2.05) is 24.3 Å². The van der Waals surface area contributed by atoms with Crippen LogP contribution < -0.4 is 10.1 Å². The van der Waals surface area contributed by atoms with E-state index < -0.39 is 0 Å². The Bertz CT molecular complexity index is 387. The van der Waals surface area contributed by atoms with Crippen LogP contribution in [0.3, 0.4) is 0 Å². The second-order valence-electron chi connectivity index (χ2n) is 5.08. The zero-order valence-corrected chi connectivity index (χ0v) is 12.6. The number of rotatable bonds is 9. The molecule has 0 atom stereocenters. The molecule has 0 spiro atoms. The molecule has 0 heterocycles. The highest BCUT2D eigenvalue weighted by atomic mass is 16.5. The minimum Gasteiger partial charge on any atom is -0.494 e. The first kappa shape index (κ1) is 16.5. The summed E-state index contributed by atoms with van der Waals surface area (Å²) in [6.45, 7) is 8.21. The van der Waals surface area contributed by atoms with E-state index >= 15 is 0 Å². The van der Waals surface area contributed by atoms with Crippen molar-refractivity contribution in [2.24, 2.45) is 5.92 Å². The van der Waals surface area contributed by atoms with Crippen LogP contribution in [-0.2, 0) is 16.1 Å². The van der Waals surface area contributed by atoms with Gasteiger partial charge in [0.15, 0.2) is 0 Å². The first-order chi connectivity index (χ1) is 9.61. The van der Waals surface area contributed by atoms with Gasteiger partial charge in [-0.05, 0) is 37.0 Å². The van der Waals surface area contributed by atoms with Crippen molar-refractivity contribution in [1.29, 1.82) is 0 Å². The first-order valence-corrected chi connectivity index (χ1v) is 7.20. The molecule has 4 nitrogen and oxygen atoms in total. The number of hydrogen-bond acceptors (Lipinski definition) is 4. The number of ether oxygens (including phenoxy) is 2. The Morgan fingerprint density at radius 1 is 1.25 bits per heavy atom. The van der Waals surface area contributed by atoms with Gasteiger partial charge in [0.05, 0.1) is 19.8 Å². The third-order valence-electron chi connectivity index (χ3n) is 2.79. The molecule has 0 aliphatic rings. The summed E-state index contributed by atoms with van der Waals surface area (Å²) in [7, 11) is 0. The average Bonchev–Trinajstić information content (AvgIpc) is 2.40. The van der Waals surface area contributed by atoms with Gasteiger partial charge in [0, 0.05) is 6.54 Å². The van der Waals surface area contributed by atoms with Crippen molar-refractivity contribution >= 4 is 5.97 Å². The van der Waals surface area contributed by atoms with Crippen LogP contribution in [0.2, 0.25) is 0 Å². The highest BCUT2D eigenvalue weighted by Gasteiger charge is 2.01. The number of carbonyl (C=O) groups is 1. The standard InChI is InChI=1S/C16H25NO3/c1-4-19-16(18)12-17-11-14-5-7-15(8-6-14)20-10-9-13(2)3/h5-8,13,17H,4,9-12H2,1-3H3. The number of hydrogen-bond donors (Lipinski definition) is 1. The fraction of sp³-hybridized carbons (Fsp3) is 0.562. The molecule has 0 fully saturated rings. The first-order valence-electron chi connectivity index (χ1n) is 7.20. The van der Waals surface area contributed by atoms with Crippen molar-refractivity contribution in [3.05, 3.63) is 29.8 Å². The number of benzene rings is 1. The summed E-state index contributed by atoms with van der Waals surface area (Å²) in [4.78, 5) is 11.2. The largest absolute Gasteiger partial charge is 0.494 e. The summed E-state index contributed by atoms with van der Waals surface area (Å²) in [6, 6.07) is 7.93. The van der Waals surface area contributed by atoms with Gasteiger partial charge < -0.3 is 14.8 Å². The molecule has 0 radical (unpaired) electrons. The molecule has 0 saturated carbocycles. The predicted molar refractivity (Wildman–Crippen MR) is 79.7 cm³/mol. The molecule has 0 saturated heterocycles. The Hall–Kier alpha value is -1.55. The van der Waals surface area contributed by atoms with Crippen molar-refractivity contribution < 1.29 is 14.3 Å². The summed E-state index contributed by atoms with van der Waals surface area (Å²) in [5.41, 5.74) is 1.12. The minimum absolute atomic E-state index is 0.221. The molecule has 1 N–H and O–H groups in total. The van der Waals surface area contributed by atoms with Gasteiger partial charge in [0.25, 0.3) is 0 Å². The van der Waals surface area contributed by atoms with Gasteiger partial charge in [-0.25, -0.2) is 0 Å². The van der Waals surface area contributed by atoms with Gasteiger partial charge >= 0.3 is 5.97 Å². The molecule has 1 aromatic rings. The second-order valence-corrected chi connectivity index (χ2v) is 5.08. The fourth-order valence-electron chi connectivity index (χ4n) is 1.64. The number of carbonyl (C=O) groups excluding carboxylic acids is 1. The van der Waals surface area contributed by atoms with Crippen LogP contribution in [-0.4, -0.2) is 25.7 Å². The van der Waals surface area contributed by atoms with Gasteiger partial charge in [-0.3, -0.25) is 4.79 Å². The van der Waals surface area contributed by atoms with Crippen molar-refractivity contribution in [2.75, 3.05) is 19.8 Å². The molecule has 0 unspecified atom stereocenters. The predicted octanol–water partition coefficient (Wildman–Crippen LogP) is 2.76. The van der Waals surface area contributed by atoms with Crippen molar-refractivity contribution in [1.82, 2.24) is 5.32 Å². The lowest BCUT2D eigenvalue weighted by molar-refractivity contribution is -0.142. The molecular formula is C16H25NO3. The quantitative estimate of drug-likeness (QED) is 0.706. The molecule has 1 aromatic carbocycles. The zero-order chi connectivity index (χ0) is 14.8. The summed E-state index contributed by atoms with van der Waals surface area (Å²) in [5, 5.41) is 3.05. The summed E-state index contributed by atoms with van der Waals surface area (Å²) < 4.78 is 10.5. The molecule has 0 aliphatic heterocycles. The topological polar surface area (TPSA) is 47.6 Å². The smallest absolute Gasteiger partial charge is 0.319 e. The van der Waals surface area contributed by atoms with Crippen molar-refractivity contribution in [3.8, 4) is 5.75 Å². The number of esters is 1. The van der Waals surface area contributed by atoms with Gasteiger partial charge in [0.1, 0.15) is 5.75 Å². The molecular weight excluding hydrogens is 254 g/mol. The van der Waals surface area contributed by atoms with Crippen LogP contribution in [0.15, 0.2) is 24.3 Å². The highest BCUT2D eigenvalue weighted by molar-refractivity contribution is 5.71. The lowest BCUT2D eigenvalue weighted by atomic mass is 10.1. The van der Waals surface area contributed by atoms with E-state index in [9.17, 15) is 4.79 Å². The molecule has 1 rings (SSSR count). The molecule has 20 heavy (non-hydrogen) atoms. The van der Waals surface area contributed by atoms with Crippen molar-refractivity contribution in [3.63, 3.8) is 0 Å². The van der Waals surface area contributed by atoms with E-state index in [1.165, 1.54) is 0 Å². The van der Waals surface area contributed by atoms with E-state index in [2.05, 4.69) is 19.2 Å². The lowest BCUT2D eigenvalue weighted by Crippen LogP contribution is -2.24. The lowest BCUT2D eigenvalue weighted by Gasteiger charge is -2.09. The summed E-state index contributed by atoms with van der Waals surface area (Å²) >= 11 is 0. The maximum absolute atomic E-state index is 11.2. The van der Waals surface area contributed by atoms with Gasteiger partial charge in [-0.1, -0.05) is 26.0 Å². The molecule has 4 heteroatoms. The van der Waals surface area contributed by atoms with E-state index in [1.54, 1.807) is 6.92 Å². The monoisotopic (exact) mass is 279 g/mol. The van der Waals surface area contributed by atoms with Crippen LogP contribution in [0.4, 0.5) is 0 Å². The van der Waals surface area contributed by atoms with E-state index in [4.69, 9.17) is 9.47 Å². The Balaban J connectivity index is 2.26. The molecule has 0 bridgehead atoms. The van der Waals surface area contributed by atoms with Crippen LogP contribution in [0.1, 0.15) is 32.8 Å². The van der Waals surface area contributed by atoms with E-state index in [-0.39, 0.29) is 12.5 Å². The normalized spacial score (nSPS) is 10.6. The molecule has 0 aromatic heterocycles. The maximum Gasteiger partial charge on any atom is 0.319 e. The SMILES string of the molecule is CCOC(=O)CNCc1ccc(OCCC(C)C)cc1. The van der Waals surface area contributed by atoms with Crippen LogP contribution in [0.25, 0.3) is 0 Å². The second kappa shape index (κ2) is 9.37. The molecule has 112 valence electrons. The van der Waals surface area contributed by atoms with Gasteiger partial charge in [-0.15, -0.1) is 0 Å². The van der Waals surface area contributed by atoms with E-state index in [0.717, 1.165) is 24.3 Å². The van der Waals surface area contributed by atoms with E-state index in [0.29, 0.717) is 19.1 Å². The Labute approximate surface area is 121 Å². The Morgan fingerprint density at radius 2 is 1.95 bits per heavy atom. The summed E-state index contributed by atoms with van der Waals surface area (Å²) in [6.07, 6.45) is 1.06. The third kappa shape index (κ3) is 7.14. The highest BCUT2D eigenvalue weighted by Crippen LogP contribution is 2.13. The average molecular weight is 279 g/mol. The fourth-order valence-corrected chi connectivity index (χ4v) is 1.64.